The van der Waals surface area contributed by atoms with Crippen molar-refractivity contribution in [2.24, 2.45) is 0 Å². The highest BCUT2D eigenvalue weighted by atomic mass is 32.2. The molecule has 0 N–H and O–H groups in total. The van der Waals surface area contributed by atoms with Gasteiger partial charge in [-0.3, -0.25) is 0 Å². The summed E-state index contributed by atoms with van der Waals surface area (Å²) in [5.41, 5.74) is -1.85. The van der Waals surface area contributed by atoms with Crippen molar-refractivity contribution in [1.29, 1.82) is 5.26 Å². The molecule has 0 aliphatic carbocycles. The normalized spacial score (nSPS) is 20.4. The van der Waals surface area contributed by atoms with Gasteiger partial charge < -0.3 is 4.57 Å². The van der Waals surface area contributed by atoms with Crippen LogP contribution >= 0.6 is 0 Å². The number of hydrogen-bond donors (Lipinski definition) is 0. The Balaban J connectivity index is 1.64. The lowest BCUT2D eigenvalue weighted by atomic mass is 9.99. The number of benzene rings is 1. The first kappa shape index (κ1) is 19.8. The smallest absolute Gasteiger partial charge is 0.315 e. The van der Waals surface area contributed by atoms with Gasteiger partial charge in [0.2, 0.25) is 10.0 Å². The largest absolute Gasteiger partial charge is 0.417 e. The topological polar surface area (TPSA) is 91.9 Å². The molecule has 2 aliphatic rings. The second-order valence-electron chi connectivity index (χ2n) is 7.25. The van der Waals surface area contributed by atoms with Crippen molar-refractivity contribution in [2.75, 3.05) is 13.1 Å². The molecule has 1 unspecified atom stereocenters. The Bertz CT molecular complexity index is 1090. The summed E-state index contributed by atoms with van der Waals surface area (Å²) < 4.78 is 69.1. The summed E-state index contributed by atoms with van der Waals surface area (Å²) in [4.78, 5) is -0.462. The summed E-state index contributed by atoms with van der Waals surface area (Å²) in [7, 11) is -4.14. The molecule has 3 heterocycles. The molecular formula is C18H18F3N5O2S. The van der Waals surface area contributed by atoms with Crippen LogP contribution in [0.5, 0.6) is 0 Å². The van der Waals surface area contributed by atoms with E-state index >= 15 is 0 Å². The number of piperidine rings is 1. The predicted octanol–water partition coefficient (Wildman–Crippen LogP) is 2.68. The van der Waals surface area contributed by atoms with Crippen LogP contribution in [0.1, 0.15) is 48.0 Å². The van der Waals surface area contributed by atoms with Gasteiger partial charge in [0.15, 0.2) is 0 Å². The van der Waals surface area contributed by atoms with E-state index in [-0.39, 0.29) is 19.0 Å². The van der Waals surface area contributed by atoms with Crippen LogP contribution in [-0.4, -0.2) is 40.6 Å². The summed E-state index contributed by atoms with van der Waals surface area (Å²) >= 11 is 0. The molecule has 0 radical (unpaired) electrons. The van der Waals surface area contributed by atoms with Crippen molar-refractivity contribution in [3.63, 3.8) is 0 Å². The van der Waals surface area contributed by atoms with Crippen molar-refractivity contribution < 1.29 is 21.6 Å². The Labute approximate surface area is 165 Å². The highest BCUT2D eigenvalue weighted by molar-refractivity contribution is 7.89. The number of nitriles is 1. The van der Waals surface area contributed by atoms with Gasteiger partial charge in [-0.25, -0.2) is 8.42 Å². The van der Waals surface area contributed by atoms with Crippen LogP contribution < -0.4 is 0 Å². The van der Waals surface area contributed by atoms with E-state index in [1.165, 1.54) is 10.4 Å². The fourth-order valence-corrected chi connectivity index (χ4v) is 5.56. The maximum atomic E-state index is 13.2. The third-order valence-electron chi connectivity index (χ3n) is 5.44. The summed E-state index contributed by atoms with van der Waals surface area (Å²) in [6.07, 6.45) is -1.69. The molecule has 29 heavy (non-hydrogen) atoms. The molecule has 2 aromatic rings. The third kappa shape index (κ3) is 3.51. The van der Waals surface area contributed by atoms with E-state index in [0.29, 0.717) is 12.5 Å². The molecule has 0 saturated carbocycles. The number of fused-ring (bicyclic) bond motifs is 1. The summed E-state index contributed by atoms with van der Waals surface area (Å²) in [5, 5.41) is 17.3. The highest BCUT2D eigenvalue weighted by Crippen LogP contribution is 2.35. The predicted molar refractivity (Wildman–Crippen MR) is 95.2 cm³/mol. The average molecular weight is 425 g/mol. The van der Waals surface area contributed by atoms with E-state index in [1.807, 2.05) is 4.57 Å². The van der Waals surface area contributed by atoms with Crippen LogP contribution in [0.2, 0.25) is 0 Å². The van der Waals surface area contributed by atoms with Gasteiger partial charge in [-0.2, -0.15) is 22.7 Å². The van der Waals surface area contributed by atoms with Crippen molar-refractivity contribution >= 4 is 10.0 Å². The second-order valence-corrected chi connectivity index (χ2v) is 9.19. The zero-order chi connectivity index (χ0) is 20.8. The van der Waals surface area contributed by atoms with Crippen LogP contribution in [0.4, 0.5) is 13.2 Å². The Morgan fingerprint density at radius 1 is 1.17 bits per heavy atom. The molecular weight excluding hydrogens is 407 g/mol. The maximum absolute atomic E-state index is 13.2. The minimum Gasteiger partial charge on any atom is -0.315 e. The van der Waals surface area contributed by atoms with E-state index in [1.54, 1.807) is 0 Å². The van der Waals surface area contributed by atoms with E-state index in [2.05, 4.69) is 10.2 Å². The number of halogens is 3. The van der Waals surface area contributed by atoms with Gasteiger partial charge in [0.05, 0.1) is 22.1 Å². The number of nitrogens with zero attached hydrogens (tertiary/aromatic N) is 5. The number of alkyl halides is 3. The van der Waals surface area contributed by atoms with Crippen molar-refractivity contribution in [3.05, 3.63) is 41.0 Å². The monoisotopic (exact) mass is 425 g/mol. The molecule has 0 amide bonds. The zero-order valence-corrected chi connectivity index (χ0v) is 16.2. The highest BCUT2D eigenvalue weighted by Gasteiger charge is 2.38. The Morgan fingerprint density at radius 3 is 2.69 bits per heavy atom. The Kier molecular flexibility index (Phi) is 4.86. The van der Waals surface area contributed by atoms with Gasteiger partial charge in [-0.15, -0.1) is 10.2 Å². The third-order valence-corrected chi connectivity index (χ3v) is 7.30. The zero-order valence-electron chi connectivity index (χ0n) is 15.4. The minimum atomic E-state index is -4.82. The molecule has 1 aromatic heterocycles. The molecule has 1 atom stereocenters. The SMILES string of the molecule is N#Cc1ccc(S(=O)(=O)N2CCCC(c3nnc4n3CCC4)C2)cc1C(F)(F)F. The lowest BCUT2D eigenvalue weighted by molar-refractivity contribution is -0.137. The van der Waals surface area contributed by atoms with Crippen molar-refractivity contribution in [3.8, 4) is 6.07 Å². The lowest BCUT2D eigenvalue weighted by Gasteiger charge is -2.31. The fraction of sp³-hybridized carbons (Fsp3) is 0.500. The first-order valence-corrected chi connectivity index (χ1v) is 10.7. The summed E-state index contributed by atoms with van der Waals surface area (Å²) in [6, 6.07) is 3.97. The number of aryl methyl sites for hydroxylation is 1. The number of aromatic nitrogens is 3. The molecule has 1 aromatic carbocycles. The molecule has 0 bridgehead atoms. The molecule has 4 rings (SSSR count). The van der Waals surface area contributed by atoms with E-state index in [9.17, 15) is 21.6 Å². The quantitative estimate of drug-likeness (QED) is 0.754. The number of hydrogen-bond acceptors (Lipinski definition) is 5. The first-order valence-electron chi connectivity index (χ1n) is 9.25. The average Bonchev–Trinajstić information content (AvgIpc) is 3.30. The molecule has 0 spiro atoms. The first-order chi connectivity index (χ1) is 13.7. The molecule has 11 heteroatoms. The van der Waals surface area contributed by atoms with Crippen LogP contribution in [-0.2, 0) is 29.2 Å². The Morgan fingerprint density at radius 2 is 1.97 bits per heavy atom. The van der Waals surface area contributed by atoms with Gasteiger partial charge in [-0.05, 0) is 37.5 Å². The van der Waals surface area contributed by atoms with E-state index in [4.69, 9.17) is 5.26 Å². The lowest BCUT2D eigenvalue weighted by Crippen LogP contribution is -2.39. The van der Waals surface area contributed by atoms with Crippen LogP contribution in [0, 0.1) is 11.3 Å². The maximum Gasteiger partial charge on any atom is 0.417 e. The molecule has 154 valence electrons. The Hall–Kier alpha value is -2.45. The van der Waals surface area contributed by atoms with Gasteiger partial charge in [0, 0.05) is 32.0 Å². The van der Waals surface area contributed by atoms with Crippen molar-refractivity contribution in [2.45, 2.75) is 49.2 Å². The van der Waals surface area contributed by atoms with E-state index < -0.39 is 32.2 Å². The standard InChI is InChI=1S/C18H18F3N5O2S/c19-18(20,21)15-9-14(6-5-12(15)10-22)29(27,28)25-7-1-3-13(11-25)17-24-23-16-4-2-8-26(16)17/h5-6,9,13H,1-4,7-8,11H2. The van der Waals surface area contributed by atoms with Crippen LogP contribution in [0.3, 0.4) is 0 Å². The van der Waals surface area contributed by atoms with E-state index in [0.717, 1.165) is 49.6 Å². The summed E-state index contributed by atoms with van der Waals surface area (Å²) in [6.45, 7) is 1.16. The van der Waals surface area contributed by atoms with Gasteiger partial charge in [0.1, 0.15) is 11.6 Å². The van der Waals surface area contributed by atoms with Crippen LogP contribution in [0.25, 0.3) is 0 Å². The second kappa shape index (κ2) is 7.11. The molecule has 1 saturated heterocycles. The van der Waals surface area contributed by atoms with Crippen molar-refractivity contribution in [1.82, 2.24) is 19.1 Å². The minimum absolute atomic E-state index is 0.141. The molecule has 2 aliphatic heterocycles. The van der Waals surface area contributed by atoms with Crippen LogP contribution in [0.15, 0.2) is 23.1 Å². The fourth-order valence-electron chi connectivity index (χ4n) is 4.01. The number of rotatable bonds is 3. The number of sulfonamides is 1. The van der Waals surface area contributed by atoms with Gasteiger partial charge >= 0.3 is 6.18 Å². The molecule has 7 nitrogen and oxygen atoms in total. The van der Waals surface area contributed by atoms with Gasteiger partial charge in [-0.1, -0.05) is 0 Å². The van der Waals surface area contributed by atoms with Gasteiger partial charge in [0.25, 0.3) is 0 Å². The molecule has 1 fully saturated rings. The summed E-state index contributed by atoms with van der Waals surface area (Å²) in [5.74, 6) is 1.48.